The van der Waals surface area contributed by atoms with Crippen LogP contribution in [-0.4, -0.2) is 41.5 Å². The molecule has 148 valence electrons. The van der Waals surface area contributed by atoms with Crippen LogP contribution in [0.2, 0.25) is 0 Å². The Bertz CT molecular complexity index is 777. The third kappa shape index (κ3) is 5.24. The maximum Gasteiger partial charge on any atom is 0.195 e. The molecule has 0 aliphatic carbocycles. The zero-order chi connectivity index (χ0) is 18.4. The molecule has 0 bridgehead atoms. The maximum atomic E-state index is 5.62. The highest BCUT2D eigenvalue weighted by Crippen LogP contribution is 2.30. The van der Waals surface area contributed by atoms with Gasteiger partial charge in [0.1, 0.15) is 5.82 Å². The van der Waals surface area contributed by atoms with E-state index in [0.717, 1.165) is 30.3 Å². The predicted molar refractivity (Wildman–Crippen MR) is 116 cm³/mol. The molecule has 0 amide bonds. The Hall–Kier alpha value is -2.04. The Balaban J connectivity index is 0.00000261. The van der Waals surface area contributed by atoms with Crippen molar-refractivity contribution in [1.82, 2.24) is 20.1 Å². The minimum absolute atomic E-state index is 0. The molecule has 0 fully saturated rings. The molecule has 0 atom stereocenters. The molecule has 2 N–H and O–H groups in total. The first-order chi connectivity index (χ1) is 12.7. The van der Waals surface area contributed by atoms with E-state index in [-0.39, 0.29) is 24.0 Å². The topological polar surface area (TPSA) is 85.6 Å². The number of benzene rings is 1. The number of aromatic nitrogens is 3. The van der Waals surface area contributed by atoms with E-state index in [1.54, 1.807) is 14.2 Å². The number of aliphatic imine (C=N–C) groups is 1. The molecule has 0 radical (unpaired) electrons. The quantitative estimate of drug-likeness (QED) is 0.371. The number of rotatable bonds is 6. The summed E-state index contributed by atoms with van der Waals surface area (Å²) in [5.41, 5.74) is 0.866. The standard InChI is InChI=1S/C18H26N6O2.HI/c1-4-26-15-11-13(8-9-14(15)25-3)21-18(19-2)20-12-17-23-22-16-7-5-6-10-24(16)17;/h8-9,11H,4-7,10,12H2,1-3H3,(H2,19,20,21);1H. The number of guanidine groups is 1. The van der Waals surface area contributed by atoms with Crippen molar-refractivity contribution in [3.05, 3.63) is 29.8 Å². The largest absolute Gasteiger partial charge is 0.493 e. The molecular formula is C18H27IN6O2. The SMILES string of the molecule is CCOc1cc(NC(=NC)NCc2nnc3n2CCCC3)ccc1OC.I. The van der Waals surface area contributed by atoms with Crippen molar-refractivity contribution in [2.24, 2.45) is 4.99 Å². The summed E-state index contributed by atoms with van der Waals surface area (Å²) in [5.74, 6) is 4.07. The van der Waals surface area contributed by atoms with Crippen molar-refractivity contribution in [3.63, 3.8) is 0 Å². The van der Waals surface area contributed by atoms with Gasteiger partial charge in [-0.1, -0.05) is 0 Å². The predicted octanol–water partition coefficient (Wildman–Crippen LogP) is 2.83. The van der Waals surface area contributed by atoms with Gasteiger partial charge in [0.05, 0.1) is 20.3 Å². The third-order valence-electron chi connectivity index (χ3n) is 4.30. The summed E-state index contributed by atoms with van der Waals surface area (Å²) in [5, 5.41) is 15.1. The van der Waals surface area contributed by atoms with Crippen molar-refractivity contribution in [3.8, 4) is 11.5 Å². The van der Waals surface area contributed by atoms with Gasteiger partial charge in [-0.2, -0.15) is 0 Å². The Morgan fingerprint density at radius 3 is 2.85 bits per heavy atom. The minimum atomic E-state index is 0. The van der Waals surface area contributed by atoms with Gasteiger partial charge in [-0.3, -0.25) is 4.99 Å². The molecular weight excluding hydrogens is 459 g/mol. The van der Waals surface area contributed by atoms with Crippen LogP contribution in [0.4, 0.5) is 5.69 Å². The van der Waals surface area contributed by atoms with E-state index in [0.29, 0.717) is 30.6 Å². The molecule has 2 aromatic rings. The fourth-order valence-corrected chi connectivity index (χ4v) is 3.00. The molecule has 0 unspecified atom stereocenters. The van der Waals surface area contributed by atoms with E-state index >= 15 is 0 Å². The lowest BCUT2D eigenvalue weighted by atomic mass is 10.2. The summed E-state index contributed by atoms with van der Waals surface area (Å²) < 4.78 is 13.1. The Morgan fingerprint density at radius 2 is 2.11 bits per heavy atom. The number of aryl methyl sites for hydroxylation is 1. The van der Waals surface area contributed by atoms with Crippen LogP contribution >= 0.6 is 24.0 Å². The molecule has 1 aromatic heterocycles. The van der Waals surface area contributed by atoms with Crippen LogP contribution in [0.25, 0.3) is 0 Å². The summed E-state index contributed by atoms with van der Waals surface area (Å²) in [6, 6.07) is 5.69. The van der Waals surface area contributed by atoms with Crippen LogP contribution in [0.5, 0.6) is 11.5 Å². The number of hydrogen-bond acceptors (Lipinski definition) is 5. The third-order valence-corrected chi connectivity index (χ3v) is 4.30. The number of fused-ring (bicyclic) bond motifs is 1. The zero-order valence-corrected chi connectivity index (χ0v) is 18.3. The van der Waals surface area contributed by atoms with Crippen LogP contribution in [0.1, 0.15) is 31.4 Å². The molecule has 3 rings (SSSR count). The van der Waals surface area contributed by atoms with Crippen molar-refractivity contribution >= 4 is 35.6 Å². The van der Waals surface area contributed by atoms with Gasteiger partial charge in [-0.05, 0) is 31.9 Å². The second kappa shape index (κ2) is 10.3. The molecule has 0 saturated heterocycles. The molecule has 0 saturated carbocycles. The van der Waals surface area contributed by atoms with Gasteiger partial charge in [0.2, 0.25) is 0 Å². The fourth-order valence-electron chi connectivity index (χ4n) is 3.00. The van der Waals surface area contributed by atoms with Crippen LogP contribution < -0.4 is 20.1 Å². The monoisotopic (exact) mass is 486 g/mol. The molecule has 9 heteroatoms. The van der Waals surface area contributed by atoms with Crippen molar-refractivity contribution in [1.29, 1.82) is 0 Å². The number of nitrogens with one attached hydrogen (secondary N) is 2. The number of halogens is 1. The lowest BCUT2D eigenvalue weighted by molar-refractivity contribution is 0.311. The summed E-state index contributed by atoms with van der Waals surface area (Å²) in [6.45, 7) is 4.08. The van der Waals surface area contributed by atoms with Gasteiger partial charge >= 0.3 is 0 Å². The van der Waals surface area contributed by atoms with Gasteiger partial charge in [0, 0.05) is 31.8 Å². The highest BCUT2D eigenvalue weighted by atomic mass is 127. The fraction of sp³-hybridized carbons (Fsp3) is 0.500. The smallest absolute Gasteiger partial charge is 0.195 e. The average molecular weight is 486 g/mol. The minimum Gasteiger partial charge on any atom is -0.493 e. The Kier molecular flexibility index (Phi) is 8.14. The van der Waals surface area contributed by atoms with E-state index in [1.807, 2.05) is 25.1 Å². The number of methoxy groups -OCH3 is 1. The van der Waals surface area contributed by atoms with E-state index < -0.39 is 0 Å². The normalized spacial score (nSPS) is 13.4. The Morgan fingerprint density at radius 1 is 1.26 bits per heavy atom. The molecule has 2 heterocycles. The number of anilines is 1. The van der Waals surface area contributed by atoms with Gasteiger partial charge in [-0.15, -0.1) is 34.2 Å². The van der Waals surface area contributed by atoms with Gasteiger partial charge in [0.25, 0.3) is 0 Å². The van der Waals surface area contributed by atoms with Gasteiger partial charge in [0.15, 0.2) is 23.3 Å². The first kappa shape index (κ1) is 21.3. The molecule has 27 heavy (non-hydrogen) atoms. The van der Waals surface area contributed by atoms with E-state index in [1.165, 1.54) is 12.8 Å². The van der Waals surface area contributed by atoms with Crippen LogP contribution in [0.3, 0.4) is 0 Å². The lowest BCUT2D eigenvalue weighted by Crippen LogP contribution is -2.31. The number of ether oxygens (including phenoxy) is 2. The lowest BCUT2D eigenvalue weighted by Gasteiger charge is -2.16. The first-order valence-corrected chi connectivity index (χ1v) is 8.94. The summed E-state index contributed by atoms with van der Waals surface area (Å²) >= 11 is 0. The first-order valence-electron chi connectivity index (χ1n) is 8.94. The Labute approximate surface area is 176 Å². The van der Waals surface area contributed by atoms with Crippen molar-refractivity contribution in [2.75, 3.05) is 26.1 Å². The maximum absolute atomic E-state index is 5.62. The van der Waals surface area contributed by atoms with Gasteiger partial charge < -0.3 is 24.7 Å². The average Bonchev–Trinajstić information content (AvgIpc) is 3.09. The molecule has 8 nitrogen and oxygen atoms in total. The second-order valence-electron chi connectivity index (χ2n) is 5.99. The number of nitrogens with zero attached hydrogens (tertiary/aromatic N) is 4. The van der Waals surface area contributed by atoms with Crippen LogP contribution in [-0.2, 0) is 19.5 Å². The highest BCUT2D eigenvalue weighted by Gasteiger charge is 2.15. The van der Waals surface area contributed by atoms with Crippen LogP contribution in [0, 0.1) is 0 Å². The van der Waals surface area contributed by atoms with Crippen molar-refractivity contribution in [2.45, 2.75) is 39.3 Å². The van der Waals surface area contributed by atoms with E-state index in [4.69, 9.17) is 9.47 Å². The summed E-state index contributed by atoms with van der Waals surface area (Å²) in [7, 11) is 3.37. The summed E-state index contributed by atoms with van der Waals surface area (Å²) in [4.78, 5) is 4.28. The zero-order valence-electron chi connectivity index (χ0n) is 16.0. The molecule has 0 spiro atoms. The second-order valence-corrected chi connectivity index (χ2v) is 5.99. The van der Waals surface area contributed by atoms with E-state index in [2.05, 4.69) is 30.4 Å². The van der Waals surface area contributed by atoms with E-state index in [9.17, 15) is 0 Å². The van der Waals surface area contributed by atoms with Crippen LogP contribution in [0.15, 0.2) is 23.2 Å². The van der Waals surface area contributed by atoms with Crippen molar-refractivity contribution < 1.29 is 9.47 Å². The highest BCUT2D eigenvalue weighted by molar-refractivity contribution is 14.0. The van der Waals surface area contributed by atoms with Gasteiger partial charge in [-0.25, -0.2) is 0 Å². The molecule has 1 aliphatic rings. The summed E-state index contributed by atoms with van der Waals surface area (Å²) in [6.07, 6.45) is 3.37. The molecule has 1 aliphatic heterocycles. The molecule has 1 aromatic carbocycles. The number of hydrogen-bond donors (Lipinski definition) is 2.